The van der Waals surface area contributed by atoms with E-state index in [9.17, 15) is 23.2 Å². The molecule has 10 heteroatoms. The second-order valence-corrected chi connectivity index (χ2v) is 6.74. The van der Waals surface area contributed by atoms with E-state index in [1.54, 1.807) is 24.3 Å². The van der Waals surface area contributed by atoms with Crippen molar-refractivity contribution in [2.45, 2.75) is 12.6 Å². The molecule has 31 heavy (non-hydrogen) atoms. The molecule has 2 amide bonds. The molecule has 2 heterocycles. The molecule has 2 aromatic carbocycles. The Kier molecular flexibility index (Phi) is 5.20. The van der Waals surface area contributed by atoms with E-state index in [1.165, 1.54) is 19.4 Å². The zero-order valence-electron chi connectivity index (χ0n) is 16.2. The van der Waals surface area contributed by atoms with E-state index in [0.717, 1.165) is 16.7 Å². The number of para-hydroxylation sites is 1. The number of hydrogen-bond donors (Lipinski definition) is 2. The molecular formula is C21H16F2N4O4. The van der Waals surface area contributed by atoms with Gasteiger partial charge < -0.3 is 15.1 Å². The number of carbonyl (C=O) groups excluding carboxylic acids is 2. The van der Waals surface area contributed by atoms with Gasteiger partial charge in [0.1, 0.15) is 23.7 Å². The minimum Gasteiger partial charge on any atom is -0.448 e. The highest BCUT2D eigenvalue weighted by Gasteiger charge is 2.24. The maximum absolute atomic E-state index is 13.6. The summed E-state index contributed by atoms with van der Waals surface area (Å²) in [5.41, 5.74) is 0.343. The van der Waals surface area contributed by atoms with Crippen LogP contribution < -0.4 is 16.2 Å². The largest absolute Gasteiger partial charge is 0.448 e. The first-order chi connectivity index (χ1) is 14.9. The molecule has 1 atom stereocenters. The lowest BCUT2D eigenvalue weighted by atomic mass is 10.1. The van der Waals surface area contributed by atoms with Crippen molar-refractivity contribution >= 4 is 33.9 Å². The minimum absolute atomic E-state index is 0.0000399. The normalized spacial score (nSPS) is 12.1. The van der Waals surface area contributed by atoms with Crippen molar-refractivity contribution in [3.8, 4) is 0 Å². The molecule has 1 unspecified atom stereocenters. The van der Waals surface area contributed by atoms with Crippen molar-refractivity contribution in [2.75, 3.05) is 7.05 Å². The molecule has 0 spiro atoms. The van der Waals surface area contributed by atoms with Crippen molar-refractivity contribution in [1.29, 1.82) is 0 Å². The summed E-state index contributed by atoms with van der Waals surface area (Å²) in [5.74, 6) is -3.59. The summed E-state index contributed by atoms with van der Waals surface area (Å²) >= 11 is 0. The number of aromatic nitrogens is 2. The van der Waals surface area contributed by atoms with Gasteiger partial charge in [0.15, 0.2) is 11.6 Å². The Morgan fingerprint density at radius 2 is 1.94 bits per heavy atom. The molecule has 4 aromatic rings. The highest BCUT2D eigenvalue weighted by Crippen LogP contribution is 2.24. The Balaban J connectivity index is 1.61. The van der Waals surface area contributed by atoms with Crippen LogP contribution >= 0.6 is 0 Å². The number of fused-ring (bicyclic) bond motifs is 3. The van der Waals surface area contributed by atoms with Crippen molar-refractivity contribution in [3.05, 3.63) is 76.3 Å². The van der Waals surface area contributed by atoms with Gasteiger partial charge in [-0.25, -0.2) is 13.8 Å². The summed E-state index contributed by atoms with van der Waals surface area (Å²) in [4.78, 5) is 41.7. The standard InChI is InChI=1S/C21H16F2N4O4/c1-24-20(29)17(11-6-7-13(22)14(23)8-11)26-16(28)9-27-10-25-18-12-4-2-3-5-15(12)31-19(18)21(27)30/h2-8,10,17H,9H2,1H3,(H,24,29)(H,26,28). The first kappa shape index (κ1) is 20.2. The molecule has 0 aliphatic heterocycles. The Bertz CT molecular complexity index is 1380. The fourth-order valence-electron chi connectivity index (χ4n) is 3.23. The third-order valence-electron chi connectivity index (χ3n) is 4.76. The van der Waals surface area contributed by atoms with Crippen LogP contribution in [0.25, 0.3) is 22.1 Å². The van der Waals surface area contributed by atoms with E-state index in [0.29, 0.717) is 16.5 Å². The van der Waals surface area contributed by atoms with E-state index in [-0.39, 0.29) is 11.1 Å². The van der Waals surface area contributed by atoms with E-state index in [1.807, 2.05) is 0 Å². The van der Waals surface area contributed by atoms with E-state index in [2.05, 4.69) is 15.6 Å². The molecule has 0 radical (unpaired) electrons. The van der Waals surface area contributed by atoms with Crippen LogP contribution in [0.15, 0.2) is 58.0 Å². The highest BCUT2D eigenvalue weighted by molar-refractivity contribution is 6.01. The molecule has 0 aliphatic rings. The first-order valence-electron chi connectivity index (χ1n) is 9.21. The summed E-state index contributed by atoms with van der Waals surface area (Å²) in [6, 6.07) is 8.59. The number of carbonyl (C=O) groups is 2. The number of furan rings is 1. The quantitative estimate of drug-likeness (QED) is 0.508. The topological polar surface area (TPSA) is 106 Å². The fourth-order valence-corrected chi connectivity index (χ4v) is 3.23. The number of nitrogens with zero attached hydrogens (tertiary/aromatic N) is 2. The first-order valence-corrected chi connectivity index (χ1v) is 9.21. The van der Waals surface area contributed by atoms with Crippen LogP contribution in [-0.2, 0) is 16.1 Å². The van der Waals surface area contributed by atoms with Crippen LogP contribution in [0.2, 0.25) is 0 Å². The third kappa shape index (κ3) is 3.75. The lowest BCUT2D eigenvalue weighted by Gasteiger charge is -2.18. The van der Waals surface area contributed by atoms with Crippen LogP contribution in [0, 0.1) is 11.6 Å². The molecule has 158 valence electrons. The van der Waals surface area contributed by atoms with Crippen LogP contribution in [0.5, 0.6) is 0 Å². The van der Waals surface area contributed by atoms with E-state index in [4.69, 9.17) is 4.42 Å². The maximum Gasteiger partial charge on any atom is 0.297 e. The van der Waals surface area contributed by atoms with Gasteiger partial charge in [-0.1, -0.05) is 18.2 Å². The lowest BCUT2D eigenvalue weighted by Crippen LogP contribution is -2.41. The smallest absolute Gasteiger partial charge is 0.297 e. The molecule has 0 saturated carbocycles. The number of benzene rings is 2. The molecule has 2 aromatic heterocycles. The molecule has 0 bridgehead atoms. The van der Waals surface area contributed by atoms with Gasteiger partial charge >= 0.3 is 0 Å². The lowest BCUT2D eigenvalue weighted by molar-refractivity contribution is -0.129. The van der Waals surface area contributed by atoms with Gasteiger partial charge in [0.05, 0.1) is 6.33 Å². The SMILES string of the molecule is CNC(=O)C(NC(=O)Cn1cnc2c(oc3ccccc32)c1=O)c1ccc(F)c(F)c1. The highest BCUT2D eigenvalue weighted by atomic mass is 19.2. The number of halogens is 2. The molecular weight excluding hydrogens is 410 g/mol. The average molecular weight is 426 g/mol. The van der Waals surface area contributed by atoms with Gasteiger partial charge in [0.25, 0.3) is 5.56 Å². The van der Waals surface area contributed by atoms with Crippen molar-refractivity contribution < 1.29 is 22.8 Å². The molecule has 0 saturated heterocycles. The summed E-state index contributed by atoms with van der Waals surface area (Å²) in [7, 11) is 1.34. The van der Waals surface area contributed by atoms with Crippen LogP contribution in [0.1, 0.15) is 11.6 Å². The average Bonchev–Trinajstić information content (AvgIpc) is 3.15. The van der Waals surface area contributed by atoms with E-state index >= 15 is 0 Å². The maximum atomic E-state index is 13.6. The molecule has 8 nitrogen and oxygen atoms in total. The van der Waals surface area contributed by atoms with Gasteiger partial charge in [-0.2, -0.15) is 0 Å². The monoisotopic (exact) mass is 426 g/mol. The predicted molar refractivity (Wildman–Crippen MR) is 107 cm³/mol. The number of likely N-dealkylation sites (N-methyl/N-ethyl adjacent to an activating group) is 1. The number of nitrogens with one attached hydrogen (secondary N) is 2. The second kappa shape index (κ2) is 7.98. The Labute approximate surface area is 173 Å². The zero-order valence-corrected chi connectivity index (χ0v) is 16.2. The molecule has 4 rings (SSSR count). The number of hydrogen-bond acceptors (Lipinski definition) is 5. The second-order valence-electron chi connectivity index (χ2n) is 6.74. The van der Waals surface area contributed by atoms with Gasteiger partial charge in [-0.3, -0.25) is 19.0 Å². The van der Waals surface area contributed by atoms with Crippen molar-refractivity contribution in [3.63, 3.8) is 0 Å². The molecule has 0 fully saturated rings. The third-order valence-corrected chi connectivity index (χ3v) is 4.76. The van der Waals surface area contributed by atoms with Gasteiger partial charge in [0.2, 0.25) is 17.4 Å². The number of rotatable bonds is 5. The Morgan fingerprint density at radius 1 is 1.16 bits per heavy atom. The Morgan fingerprint density at radius 3 is 2.68 bits per heavy atom. The summed E-state index contributed by atoms with van der Waals surface area (Å²) in [6.45, 7) is -0.462. The van der Waals surface area contributed by atoms with Crippen LogP contribution in [0.3, 0.4) is 0 Å². The van der Waals surface area contributed by atoms with Crippen LogP contribution in [0.4, 0.5) is 8.78 Å². The van der Waals surface area contributed by atoms with E-state index < -0.39 is 41.6 Å². The molecule has 0 aliphatic carbocycles. The fraction of sp³-hybridized carbons (Fsp3) is 0.143. The van der Waals surface area contributed by atoms with Crippen LogP contribution in [-0.4, -0.2) is 28.4 Å². The predicted octanol–water partition coefficient (Wildman–Crippen LogP) is 2.02. The molecule has 2 N–H and O–H groups in total. The Hall–Kier alpha value is -4.08. The van der Waals surface area contributed by atoms with Gasteiger partial charge in [0, 0.05) is 12.4 Å². The van der Waals surface area contributed by atoms with Crippen molar-refractivity contribution in [1.82, 2.24) is 20.2 Å². The summed E-state index contributed by atoms with van der Waals surface area (Å²) in [5, 5.41) is 5.44. The van der Waals surface area contributed by atoms with Gasteiger partial charge in [-0.15, -0.1) is 0 Å². The number of amides is 2. The minimum atomic E-state index is -1.29. The summed E-state index contributed by atoms with van der Waals surface area (Å²) in [6.07, 6.45) is 1.21. The van der Waals surface area contributed by atoms with Gasteiger partial charge in [-0.05, 0) is 29.8 Å². The van der Waals surface area contributed by atoms with Crippen molar-refractivity contribution in [2.24, 2.45) is 0 Å². The summed E-state index contributed by atoms with van der Waals surface area (Å²) < 4.78 is 33.4. The zero-order chi connectivity index (χ0) is 22.1.